The lowest BCUT2D eigenvalue weighted by Gasteiger charge is -2.24. The van der Waals surface area contributed by atoms with Crippen LogP contribution in [0.25, 0.3) is 0 Å². The first-order valence-corrected chi connectivity index (χ1v) is 12.4. The predicted molar refractivity (Wildman–Crippen MR) is 123 cm³/mol. The van der Waals surface area contributed by atoms with Gasteiger partial charge in [0.05, 0.1) is 34.1 Å². The van der Waals surface area contributed by atoms with E-state index in [4.69, 9.17) is 4.74 Å². The fourth-order valence-corrected chi connectivity index (χ4v) is 3.69. The first-order chi connectivity index (χ1) is 13.4. The topological polar surface area (TPSA) is 26.3 Å². The van der Waals surface area contributed by atoms with Crippen LogP contribution in [0.4, 0.5) is 0 Å². The normalized spacial score (nSPS) is 12.9. The third kappa shape index (κ3) is 20.2. The summed E-state index contributed by atoms with van der Waals surface area (Å²) >= 11 is 0. The number of quaternary nitrogens is 1. The molecule has 0 saturated carbocycles. The fraction of sp³-hybridized carbons (Fsp3) is 0.960. The van der Waals surface area contributed by atoms with Crippen LogP contribution in [0.3, 0.4) is 0 Å². The van der Waals surface area contributed by atoms with E-state index in [1.54, 1.807) is 0 Å². The van der Waals surface area contributed by atoms with Crippen LogP contribution >= 0.6 is 0 Å². The van der Waals surface area contributed by atoms with E-state index in [-0.39, 0.29) is 12.1 Å². The Labute approximate surface area is 177 Å². The molecule has 0 spiro atoms. The average molecular weight is 399 g/mol. The van der Waals surface area contributed by atoms with Crippen LogP contribution in [0.2, 0.25) is 0 Å². The molecule has 168 valence electrons. The van der Waals surface area contributed by atoms with E-state index in [2.05, 4.69) is 35.0 Å². The summed E-state index contributed by atoms with van der Waals surface area (Å²) in [5.41, 5.74) is 0. The summed E-state index contributed by atoms with van der Waals surface area (Å²) < 4.78 is 6.80. The van der Waals surface area contributed by atoms with E-state index < -0.39 is 0 Å². The van der Waals surface area contributed by atoms with Gasteiger partial charge in [0.1, 0.15) is 6.10 Å². The maximum Gasteiger partial charge on any atom is 0.306 e. The van der Waals surface area contributed by atoms with Gasteiger partial charge in [-0.25, -0.2) is 0 Å². The first kappa shape index (κ1) is 27.4. The Morgan fingerprint density at radius 3 is 1.54 bits per heavy atom. The second-order valence-electron chi connectivity index (χ2n) is 9.70. The maximum absolute atomic E-state index is 12.3. The Morgan fingerprint density at radius 2 is 1.11 bits per heavy atom. The van der Waals surface area contributed by atoms with Crippen molar-refractivity contribution in [2.75, 3.05) is 27.7 Å². The maximum atomic E-state index is 12.3. The van der Waals surface area contributed by atoms with Crippen molar-refractivity contribution in [1.82, 2.24) is 0 Å². The summed E-state index contributed by atoms with van der Waals surface area (Å²) in [4.78, 5) is 12.3. The Balaban J connectivity index is 4.10. The smallest absolute Gasteiger partial charge is 0.306 e. The van der Waals surface area contributed by atoms with Crippen molar-refractivity contribution in [2.24, 2.45) is 0 Å². The molecule has 1 unspecified atom stereocenters. The lowest BCUT2D eigenvalue weighted by molar-refractivity contribution is -0.870. The summed E-state index contributed by atoms with van der Waals surface area (Å²) in [5.74, 6) is 0.0207. The number of ether oxygens (including phenoxy) is 1. The van der Waals surface area contributed by atoms with Crippen LogP contribution in [0, 0.1) is 0 Å². The van der Waals surface area contributed by atoms with E-state index in [1.165, 1.54) is 83.5 Å². The first-order valence-electron chi connectivity index (χ1n) is 12.4. The van der Waals surface area contributed by atoms with Gasteiger partial charge in [0.2, 0.25) is 0 Å². The van der Waals surface area contributed by atoms with Crippen molar-refractivity contribution in [3.63, 3.8) is 0 Å². The molecule has 0 saturated heterocycles. The highest BCUT2D eigenvalue weighted by molar-refractivity contribution is 5.69. The number of unbranched alkanes of at least 4 members (excludes halogenated alkanes) is 11. The summed E-state index contributed by atoms with van der Waals surface area (Å²) in [6.07, 6.45) is 20.8. The van der Waals surface area contributed by atoms with Gasteiger partial charge in [0.25, 0.3) is 0 Å². The molecule has 0 aliphatic rings. The molecule has 0 N–H and O–H groups in total. The molecular weight excluding hydrogens is 346 g/mol. The van der Waals surface area contributed by atoms with Crippen molar-refractivity contribution >= 4 is 5.97 Å². The van der Waals surface area contributed by atoms with E-state index in [0.717, 1.165) is 30.3 Å². The Morgan fingerprint density at radius 1 is 0.679 bits per heavy atom. The third-order valence-electron chi connectivity index (χ3n) is 5.52. The SMILES string of the molecule is CCCCCCCCCC(CCCCCCCC)OC(=O)CCC[N+](C)(C)C. The zero-order chi connectivity index (χ0) is 21.1. The molecule has 0 amide bonds. The van der Waals surface area contributed by atoms with E-state index >= 15 is 0 Å². The minimum Gasteiger partial charge on any atom is -0.462 e. The molecule has 0 aromatic carbocycles. The molecule has 1 atom stereocenters. The molecule has 0 aromatic heterocycles. The number of rotatable bonds is 20. The highest BCUT2D eigenvalue weighted by Crippen LogP contribution is 2.18. The zero-order valence-electron chi connectivity index (χ0n) is 20.1. The van der Waals surface area contributed by atoms with E-state index in [9.17, 15) is 4.79 Å². The highest BCUT2D eigenvalue weighted by atomic mass is 16.5. The summed E-state index contributed by atoms with van der Waals surface area (Å²) in [6, 6.07) is 0. The molecule has 0 rings (SSSR count). The van der Waals surface area contributed by atoms with Gasteiger partial charge in [-0.15, -0.1) is 0 Å². The van der Waals surface area contributed by atoms with Crippen molar-refractivity contribution < 1.29 is 14.0 Å². The summed E-state index contributed by atoms with van der Waals surface area (Å²) in [5, 5.41) is 0. The van der Waals surface area contributed by atoms with E-state index in [1.807, 2.05) is 0 Å². The predicted octanol–water partition coefficient (Wildman–Crippen LogP) is 7.28. The molecule has 28 heavy (non-hydrogen) atoms. The molecule has 0 aliphatic heterocycles. The number of hydrogen-bond acceptors (Lipinski definition) is 2. The number of nitrogens with zero attached hydrogens (tertiary/aromatic N) is 1. The molecule has 3 heteroatoms. The highest BCUT2D eigenvalue weighted by Gasteiger charge is 2.15. The third-order valence-corrected chi connectivity index (χ3v) is 5.52. The van der Waals surface area contributed by atoms with Gasteiger partial charge in [-0.1, -0.05) is 84.5 Å². The molecule has 3 nitrogen and oxygen atoms in total. The largest absolute Gasteiger partial charge is 0.462 e. The molecule has 0 fully saturated rings. The van der Waals surface area contributed by atoms with Crippen LogP contribution in [-0.4, -0.2) is 44.2 Å². The minimum absolute atomic E-state index is 0.0207. The van der Waals surface area contributed by atoms with Gasteiger partial charge in [-0.2, -0.15) is 0 Å². The molecule has 0 radical (unpaired) electrons. The van der Waals surface area contributed by atoms with Crippen LogP contribution in [0.15, 0.2) is 0 Å². The van der Waals surface area contributed by atoms with Gasteiger partial charge < -0.3 is 9.22 Å². The van der Waals surface area contributed by atoms with Crippen LogP contribution in [0.1, 0.15) is 123 Å². The molecule has 0 heterocycles. The van der Waals surface area contributed by atoms with Gasteiger partial charge in [0, 0.05) is 6.42 Å². The van der Waals surface area contributed by atoms with Gasteiger partial charge in [0.15, 0.2) is 0 Å². The summed E-state index contributed by atoms with van der Waals surface area (Å²) in [6.45, 7) is 5.55. The van der Waals surface area contributed by atoms with Crippen LogP contribution in [0.5, 0.6) is 0 Å². The fourth-order valence-electron chi connectivity index (χ4n) is 3.69. The number of carbonyl (C=O) groups excluding carboxylic acids is 1. The second kappa shape index (κ2) is 18.5. The second-order valence-corrected chi connectivity index (χ2v) is 9.70. The Kier molecular flexibility index (Phi) is 18.1. The quantitative estimate of drug-likeness (QED) is 0.122. The Bertz CT molecular complexity index is 349. The standard InChI is InChI=1S/C25H52NO2/c1-6-8-10-12-14-16-18-21-24(20-17-15-13-11-9-7-2)28-25(27)22-19-23-26(3,4)5/h24H,6-23H2,1-5H3/q+1. The summed E-state index contributed by atoms with van der Waals surface area (Å²) in [7, 11) is 6.52. The monoisotopic (exact) mass is 398 g/mol. The lowest BCUT2D eigenvalue weighted by Crippen LogP contribution is -2.35. The van der Waals surface area contributed by atoms with Crippen molar-refractivity contribution in [3.05, 3.63) is 0 Å². The Hall–Kier alpha value is -0.570. The molecule has 0 aromatic rings. The zero-order valence-corrected chi connectivity index (χ0v) is 20.1. The van der Waals surface area contributed by atoms with Crippen molar-refractivity contribution in [3.8, 4) is 0 Å². The van der Waals surface area contributed by atoms with Gasteiger partial charge in [-0.3, -0.25) is 4.79 Å². The number of carbonyl (C=O) groups is 1. The minimum atomic E-state index is 0.0207. The lowest BCUT2D eigenvalue weighted by atomic mass is 10.0. The number of esters is 1. The van der Waals surface area contributed by atoms with Crippen LogP contribution in [-0.2, 0) is 9.53 Å². The van der Waals surface area contributed by atoms with Crippen molar-refractivity contribution in [1.29, 1.82) is 0 Å². The molecule has 0 bridgehead atoms. The van der Waals surface area contributed by atoms with Crippen molar-refractivity contribution in [2.45, 2.75) is 129 Å². The van der Waals surface area contributed by atoms with Crippen LogP contribution < -0.4 is 0 Å². The van der Waals surface area contributed by atoms with Gasteiger partial charge >= 0.3 is 5.97 Å². The van der Waals surface area contributed by atoms with Gasteiger partial charge in [-0.05, 0) is 25.7 Å². The van der Waals surface area contributed by atoms with E-state index in [0.29, 0.717) is 6.42 Å². The number of hydrogen-bond donors (Lipinski definition) is 0. The molecule has 0 aliphatic carbocycles. The molecular formula is C25H52NO2+. The average Bonchev–Trinajstić information content (AvgIpc) is 2.62.